The van der Waals surface area contributed by atoms with E-state index in [1.54, 1.807) is 6.26 Å². The van der Waals surface area contributed by atoms with Gasteiger partial charge in [0.25, 0.3) is 0 Å². The molecule has 2 heterocycles. The SMILES string of the molecule is Cc1ccc(NC(=O)Cc2nc(CN(C)Cc3ccco3)cs2)cc1. The van der Waals surface area contributed by atoms with E-state index in [0.29, 0.717) is 6.42 Å². The highest BCUT2D eigenvalue weighted by Crippen LogP contribution is 2.15. The monoisotopic (exact) mass is 355 g/mol. The van der Waals surface area contributed by atoms with Crippen LogP contribution < -0.4 is 5.32 Å². The number of nitrogens with one attached hydrogen (secondary N) is 1. The molecule has 0 radical (unpaired) electrons. The Morgan fingerprint density at radius 1 is 1.24 bits per heavy atom. The molecule has 1 aromatic carbocycles. The van der Waals surface area contributed by atoms with Crippen LogP contribution in [0.4, 0.5) is 5.69 Å². The van der Waals surface area contributed by atoms with Gasteiger partial charge in [-0.2, -0.15) is 0 Å². The Bertz CT molecular complexity index is 810. The van der Waals surface area contributed by atoms with Crippen LogP contribution >= 0.6 is 11.3 Å². The van der Waals surface area contributed by atoms with Gasteiger partial charge in [-0.3, -0.25) is 9.69 Å². The molecule has 6 heteroatoms. The lowest BCUT2D eigenvalue weighted by atomic mass is 10.2. The Morgan fingerprint density at radius 3 is 2.76 bits per heavy atom. The smallest absolute Gasteiger partial charge is 0.231 e. The van der Waals surface area contributed by atoms with E-state index in [4.69, 9.17) is 4.42 Å². The lowest BCUT2D eigenvalue weighted by Gasteiger charge is -2.13. The van der Waals surface area contributed by atoms with Gasteiger partial charge in [0.2, 0.25) is 5.91 Å². The Kier molecular flexibility index (Phi) is 5.63. The summed E-state index contributed by atoms with van der Waals surface area (Å²) >= 11 is 1.52. The number of furan rings is 1. The first-order valence-corrected chi connectivity index (χ1v) is 8.97. The fraction of sp³-hybridized carbons (Fsp3) is 0.263. The first kappa shape index (κ1) is 17.4. The fourth-order valence-electron chi connectivity index (χ4n) is 2.48. The minimum Gasteiger partial charge on any atom is -0.468 e. The Morgan fingerprint density at radius 2 is 2.04 bits per heavy atom. The Balaban J connectivity index is 1.50. The molecule has 130 valence electrons. The number of nitrogens with zero attached hydrogens (tertiary/aromatic N) is 2. The second-order valence-electron chi connectivity index (χ2n) is 6.08. The molecule has 1 amide bonds. The molecule has 5 nitrogen and oxygen atoms in total. The van der Waals surface area contributed by atoms with Gasteiger partial charge in [-0.25, -0.2) is 4.98 Å². The molecule has 0 fully saturated rings. The number of benzene rings is 1. The van der Waals surface area contributed by atoms with E-state index in [-0.39, 0.29) is 5.91 Å². The Hall–Kier alpha value is -2.44. The largest absolute Gasteiger partial charge is 0.468 e. The van der Waals surface area contributed by atoms with E-state index >= 15 is 0 Å². The molecule has 2 aromatic heterocycles. The number of hydrogen-bond donors (Lipinski definition) is 1. The zero-order chi connectivity index (χ0) is 17.6. The van der Waals surface area contributed by atoms with Gasteiger partial charge in [0.15, 0.2) is 0 Å². The fourth-order valence-corrected chi connectivity index (χ4v) is 3.27. The first-order valence-electron chi connectivity index (χ1n) is 8.09. The van der Waals surface area contributed by atoms with E-state index in [2.05, 4.69) is 15.2 Å². The van der Waals surface area contributed by atoms with Gasteiger partial charge in [-0.1, -0.05) is 17.7 Å². The number of amides is 1. The molecule has 0 spiro atoms. The molecular formula is C19H21N3O2S. The number of carbonyl (C=O) groups excluding carboxylic acids is 1. The van der Waals surface area contributed by atoms with E-state index in [1.807, 2.05) is 55.7 Å². The highest BCUT2D eigenvalue weighted by atomic mass is 32.1. The van der Waals surface area contributed by atoms with Crippen molar-refractivity contribution in [3.8, 4) is 0 Å². The Labute approximate surface area is 151 Å². The lowest BCUT2D eigenvalue weighted by molar-refractivity contribution is -0.115. The van der Waals surface area contributed by atoms with Crippen molar-refractivity contribution in [2.45, 2.75) is 26.4 Å². The molecule has 0 bridgehead atoms. The summed E-state index contributed by atoms with van der Waals surface area (Å²) in [5, 5.41) is 5.73. The maximum Gasteiger partial charge on any atom is 0.231 e. The summed E-state index contributed by atoms with van der Waals surface area (Å²) in [6.45, 7) is 3.47. The highest BCUT2D eigenvalue weighted by Gasteiger charge is 2.10. The molecule has 3 rings (SSSR count). The number of rotatable bonds is 7. The summed E-state index contributed by atoms with van der Waals surface area (Å²) in [5.74, 6) is 0.879. The van der Waals surface area contributed by atoms with Gasteiger partial charge in [0.1, 0.15) is 10.8 Å². The van der Waals surface area contributed by atoms with Crippen molar-refractivity contribution in [2.24, 2.45) is 0 Å². The normalized spacial score (nSPS) is 11.0. The van der Waals surface area contributed by atoms with Crippen LogP contribution in [-0.4, -0.2) is 22.8 Å². The van der Waals surface area contributed by atoms with Crippen LogP contribution in [0.5, 0.6) is 0 Å². The summed E-state index contributed by atoms with van der Waals surface area (Å²) in [6.07, 6.45) is 1.97. The number of hydrogen-bond acceptors (Lipinski definition) is 5. The molecule has 0 aliphatic heterocycles. The number of carbonyl (C=O) groups is 1. The summed E-state index contributed by atoms with van der Waals surface area (Å²) in [5.41, 5.74) is 2.95. The minimum absolute atomic E-state index is 0.0475. The van der Waals surface area contributed by atoms with Crippen molar-refractivity contribution >= 4 is 22.9 Å². The van der Waals surface area contributed by atoms with Crippen LogP contribution in [0.15, 0.2) is 52.5 Å². The van der Waals surface area contributed by atoms with Crippen LogP contribution in [0.2, 0.25) is 0 Å². The maximum atomic E-state index is 12.1. The summed E-state index contributed by atoms with van der Waals surface area (Å²) in [6, 6.07) is 11.6. The van der Waals surface area contributed by atoms with Gasteiger partial charge in [-0.05, 0) is 38.2 Å². The molecule has 0 saturated carbocycles. The molecule has 0 aliphatic rings. The third-order valence-electron chi connectivity index (χ3n) is 3.68. The van der Waals surface area contributed by atoms with E-state index in [0.717, 1.165) is 35.2 Å². The second kappa shape index (κ2) is 8.09. The average Bonchev–Trinajstić information content (AvgIpc) is 3.22. The van der Waals surface area contributed by atoms with Crippen LogP contribution in [-0.2, 0) is 24.3 Å². The lowest BCUT2D eigenvalue weighted by Crippen LogP contribution is -2.17. The van der Waals surface area contributed by atoms with Gasteiger partial charge in [-0.15, -0.1) is 11.3 Å². The van der Waals surface area contributed by atoms with Crippen LogP contribution in [0.25, 0.3) is 0 Å². The third kappa shape index (κ3) is 5.27. The van der Waals surface area contributed by atoms with Crippen molar-refractivity contribution < 1.29 is 9.21 Å². The van der Waals surface area contributed by atoms with Gasteiger partial charge >= 0.3 is 0 Å². The number of anilines is 1. The highest BCUT2D eigenvalue weighted by molar-refractivity contribution is 7.09. The molecule has 0 atom stereocenters. The van der Waals surface area contributed by atoms with E-state index < -0.39 is 0 Å². The zero-order valence-electron chi connectivity index (χ0n) is 14.4. The van der Waals surface area contributed by atoms with Crippen LogP contribution in [0.1, 0.15) is 22.0 Å². The molecule has 0 aliphatic carbocycles. The molecule has 25 heavy (non-hydrogen) atoms. The van der Waals surface area contributed by atoms with Crippen molar-refractivity contribution in [2.75, 3.05) is 12.4 Å². The second-order valence-corrected chi connectivity index (χ2v) is 7.02. The van der Waals surface area contributed by atoms with Crippen LogP contribution in [0, 0.1) is 6.92 Å². The van der Waals surface area contributed by atoms with Gasteiger partial charge in [0, 0.05) is 17.6 Å². The average molecular weight is 355 g/mol. The topological polar surface area (TPSA) is 58.4 Å². The molecular weight excluding hydrogens is 334 g/mol. The first-order chi connectivity index (χ1) is 12.1. The summed E-state index contributed by atoms with van der Waals surface area (Å²) in [7, 11) is 2.02. The number of aryl methyl sites for hydroxylation is 1. The number of thiazole rings is 1. The van der Waals surface area contributed by atoms with E-state index in [1.165, 1.54) is 16.9 Å². The van der Waals surface area contributed by atoms with Crippen molar-refractivity contribution in [3.05, 3.63) is 70.1 Å². The molecule has 1 N–H and O–H groups in total. The van der Waals surface area contributed by atoms with Gasteiger partial charge in [0.05, 0.1) is 24.9 Å². The van der Waals surface area contributed by atoms with E-state index in [9.17, 15) is 4.79 Å². The maximum absolute atomic E-state index is 12.1. The summed E-state index contributed by atoms with van der Waals surface area (Å²) in [4.78, 5) is 18.8. The molecule has 3 aromatic rings. The number of aromatic nitrogens is 1. The van der Waals surface area contributed by atoms with Crippen molar-refractivity contribution in [1.82, 2.24) is 9.88 Å². The molecule has 0 saturated heterocycles. The van der Waals surface area contributed by atoms with Crippen molar-refractivity contribution in [1.29, 1.82) is 0 Å². The standard InChI is InChI=1S/C19H21N3O2S/c1-14-5-7-15(8-6-14)20-18(23)10-19-21-16(13-25-19)11-22(2)12-17-4-3-9-24-17/h3-9,13H,10-12H2,1-2H3,(H,20,23). The predicted octanol–water partition coefficient (Wildman–Crippen LogP) is 3.86. The zero-order valence-corrected chi connectivity index (χ0v) is 15.2. The third-order valence-corrected chi connectivity index (χ3v) is 4.58. The molecule has 0 unspecified atom stereocenters. The predicted molar refractivity (Wildman–Crippen MR) is 99.5 cm³/mol. The van der Waals surface area contributed by atoms with Gasteiger partial charge < -0.3 is 9.73 Å². The quantitative estimate of drug-likeness (QED) is 0.699. The van der Waals surface area contributed by atoms with Crippen LogP contribution in [0.3, 0.4) is 0 Å². The van der Waals surface area contributed by atoms with Crippen molar-refractivity contribution in [3.63, 3.8) is 0 Å². The summed E-state index contributed by atoms with van der Waals surface area (Å²) < 4.78 is 5.35. The minimum atomic E-state index is -0.0475.